The van der Waals surface area contributed by atoms with Crippen molar-refractivity contribution in [2.45, 2.75) is 63.9 Å². The molecule has 2 atom stereocenters. The highest BCUT2D eigenvalue weighted by Gasteiger charge is 2.25. The lowest BCUT2D eigenvalue weighted by atomic mass is 9.85. The number of hydrogen-bond acceptors (Lipinski definition) is 4. The summed E-state index contributed by atoms with van der Waals surface area (Å²) in [5.41, 5.74) is 7.48. The molecule has 4 N–H and O–H groups in total. The summed E-state index contributed by atoms with van der Waals surface area (Å²) in [5.74, 6) is -0.124. The third kappa shape index (κ3) is 6.41. The quantitative estimate of drug-likeness (QED) is 0.682. The molecule has 140 valence electrons. The second-order valence-electron chi connectivity index (χ2n) is 7.14. The Labute approximate surface area is 150 Å². The van der Waals surface area contributed by atoms with Gasteiger partial charge in [-0.2, -0.15) is 0 Å². The van der Waals surface area contributed by atoms with Gasteiger partial charge in [0.25, 0.3) is 0 Å². The summed E-state index contributed by atoms with van der Waals surface area (Å²) in [6.45, 7) is 3.91. The van der Waals surface area contributed by atoms with E-state index in [0.29, 0.717) is 12.1 Å². The van der Waals surface area contributed by atoms with E-state index in [0.717, 1.165) is 31.2 Å². The van der Waals surface area contributed by atoms with Gasteiger partial charge >= 0.3 is 0 Å². The molecular weight excluding hydrogens is 338 g/mol. The Morgan fingerprint density at radius 3 is 2.56 bits per heavy atom. The van der Waals surface area contributed by atoms with Crippen molar-refractivity contribution >= 4 is 15.9 Å². The lowest BCUT2D eigenvalue weighted by molar-refractivity contribution is -0.126. The van der Waals surface area contributed by atoms with Crippen molar-refractivity contribution in [2.24, 2.45) is 11.7 Å². The van der Waals surface area contributed by atoms with Crippen molar-refractivity contribution in [3.05, 3.63) is 35.4 Å². The summed E-state index contributed by atoms with van der Waals surface area (Å²) in [6, 6.07) is 7.26. The van der Waals surface area contributed by atoms with Gasteiger partial charge in [0.2, 0.25) is 15.9 Å². The van der Waals surface area contributed by atoms with Crippen molar-refractivity contribution < 1.29 is 13.2 Å². The van der Waals surface area contributed by atoms with Gasteiger partial charge in [-0.25, -0.2) is 13.1 Å². The average Bonchev–Trinajstić information content (AvgIpc) is 2.52. The van der Waals surface area contributed by atoms with E-state index >= 15 is 0 Å². The van der Waals surface area contributed by atoms with Crippen LogP contribution in [0.15, 0.2) is 24.3 Å². The van der Waals surface area contributed by atoms with Crippen LogP contribution in [-0.4, -0.2) is 26.4 Å². The molecule has 1 aliphatic carbocycles. The number of nitrogens with two attached hydrogens (primary N) is 1. The zero-order valence-corrected chi connectivity index (χ0v) is 15.8. The summed E-state index contributed by atoms with van der Waals surface area (Å²) in [5, 5.41) is 2.95. The third-order valence-electron chi connectivity index (χ3n) is 4.42. The summed E-state index contributed by atoms with van der Waals surface area (Å²) in [4.78, 5) is 12.4. The molecule has 1 amide bonds. The number of nitrogens with one attached hydrogen (secondary N) is 2. The number of carbonyl (C=O) groups excluding carboxylic acids is 1. The molecule has 1 aromatic rings. The van der Waals surface area contributed by atoms with Crippen LogP contribution in [0.3, 0.4) is 0 Å². The number of sulfonamides is 1. The summed E-state index contributed by atoms with van der Waals surface area (Å²) in [7, 11) is -3.40. The number of rotatable bonds is 7. The average molecular weight is 368 g/mol. The highest BCUT2D eigenvalue weighted by atomic mass is 32.2. The smallest absolute Gasteiger partial charge is 0.223 e. The molecule has 25 heavy (non-hydrogen) atoms. The monoisotopic (exact) mass is 367 g/mol. The molecule has 7 heteroatoms. The van der Waals surface area contributed by atoms with Crippen LogP contribution in [0.4, 0.5) is 0 Å². The Kier molecular flexibility index (Phi) is 6.98. The second kappa shape index (κ2) is 8.78. The SMILES string of the molecule is CC(C)NS(=O)(=O)Cc1ccccc1CNC(=O)C1CCCC(N)C1. The Balaban J connectivity index is 1.99. The molecule has 0 saturated heterocycles. The minimum Gasteiger partial charge on any atom is -0.352 e. The first kappa shape index (κ1) is 19.9. The maximum atomic E-state index is 12.4. The molecular formula is C18H29N3O3S. The number of hydrogen-bond donors (Lipinski definition) is 3. The van der Waals surface area contributed by atoms with E-state index in [-0.39, 0.29) is 29.7 Å². The lowest BCUT2D eigenvalue weighted by Gasteiger charge is -2.25. The zero-order valence-electron chi connectivity index (χ0n) is 15.0. The van der Waals surface area contributed by atoms with Crippen LogP contribution in [0.5, 0.6) is 0 Å². The van der Waals surface area contributed by atoms with Crippen LogP contribution in [-0.2, 0) is 27.1 Å². The van der Waals surface area contributed by atoms with Crippen molar-refractivity contribution in [1.82, 2.24) is 10.0 Å². The predicted molar refractivity (Wildman–Crippen MR) is 99.1 cm³/mol. The normalized spacial score (nSPS) is 21.3. The van der Waals surface area contributed by atoms with Gasteiger partial charge < -0.3 is 11.1 Å². The van der Waals surface area contributed by atoms with Gasteiger partial charge in [0, 0.05) is 24.5 Å². The van der Waals surface area contributed by atoms with Crippen LogP contribution in [0.2, 0.25) is 0 Å². The molecule has 1 aliphatic rings. The molecule has 0 radical (unpaired) electrons. The molecule has 0 spiro atoms. The van der Waals surface area contributed by atoms with E-state index in [4.69, 9.17) is 5.73 Å². The van der Waals surface area contributed by atoms with E-state index in [1.54, 1.807) is 19.9 Å². The molecule has 0 aromatic heterocycles. The van der Waals surface area contributed by atoms with E-state index in [1.165, 1.54) is 0 Å². The zero-order chi connectivity index (χ0) is 18.4. The molecule has 1 saturated carbocycles. The van der Waals surface area contributed by atoms with Gasteiger partial charge in [0.15, 0.2) is 0 Å². The Morgan fingerprint density at radius 1 is 1.24 bits per heavy atom. The minimum absolute atomic E-state index is 0.00751. The standard InChI is InChI=1S/C18H29N3O3S/c1-13(2)21-25(23,24)12-16-7-4-3-6-15(16)11-20-18(22)14-8-5-9-17(19)10-14/h3-4,6-7,13-14,17,21H,5,8-12,19H2,1-2H3,(H,20,22). The Morgan fingerprint density at radius 2 is 1.92 bits per heavy atom. The largest absolute Gasteiger partial charge is 0.352 e. The summed E-state index contributed by atoms with van der Waals surface area (Å²) < 4.78 is 26.9. The van der Waals surface area contributed by atoms with Crippen LogP contribution in [0, 0.1) is 5.92 Å². The predicted octanol–water partition coefficient (Wildman–Crippen LogP) is 1.65. The van der Waals surface area contributed by atoms with Gasteiger partial charge in [0.05, 0.1) is 5.75 Å². The maximum Gasteiger partial charge on any atom is 0.223 e. The highest BCUT2D eigenvalue weighted by molar-refractivity contribution is 7.88. The minimum atomic E-state index is -3.40. The fraction of sp³-hybridized carbons (Fsp3) is 0.611. The van der Waals surface area contributed by atoms with E-state index in [1.807, 2.05) is 18.2 Å². The molecule has 1 aromatic carbocycles. The summed E-state index contributed by atoms with van der Waals surface area (Å²) in [6.07, 6.45) is 3.55. The Hall–Kier alpha value is -1.44. The van der Waals surface area contributed by atoms with Crippen molar-refractivity contribution in [3.8, 4) is 0 Å². The van der Waals surface area contributed by atoms with Gasteiger partial charge in [-0.05, 0) is 44.2 Å². The first-order chi connectivity index (χ1) is 11.8. The third-order valence-corrected chi connectivity index (χ3v) is 5.94. The van der Waals surface area contributed by atoms with Crippen molar-refractivity contribution in [2.75, 3.05) is 0 Å². The van der Waals surface area contributed by atoms with Gasteiger partial charge in [-0.3, -0.25) is 4.79 Å². The molecule has 0 heterocycles. The number of amides is 1. The van der Waals surface area contributed by atoms with Crippen molar-refractivity contribution in [1.29, 1.82) is 0 Å². The van der Waals surface area contributed by atoms with E-state index in [2.05, 4.69) is 10.0 Å². The molecule has 2 rings (SSSR count). The maximum absolute atomic E-state index is 12.4. The second-order valence-corrected chi connectivity index (χ2v) is 8.90. The van der Waals surface area contributed by atoms with Crippen molar-refractivity contribution in [3.63, 3.8) is 0 Å². The van der Waals surface area contributed by atoms with Crippen LogP contribution in [0.1, 0.15) is 50.7 Å². The molecule has 6 nitrogen and oxygen atoms in total. The lowest BCUT2D eigenvalue weighted by Crippen LogP contribution is -2.37. The van der Waals surface area contributed by atoms with Crippen LogP contribution in [0.25, 0.3) is 0 Å². The fourth-order valence-electron chi connectivity index (χ4n) is 3.27. The first-order valence-corrected chi connectivity index (χ1v) is 10.5. The number of carbonyl (C=O) groups is 1. The van der Waals surface area contributed by atoms with Crippen LogP contribution < -0.4 is 15.8 Å². The molecule has 0 bridgehead atoms. The number of benzene rings is 1. The first-order valence-electron chi connectivity index (χ1n) is 8.87. The summed E-state index contributed by atoms with van der Waals surface area (Å²) >= 11 is 0. The van der Waals surface area contributed by atoms with Crippen LogP contribution >= 0.6 is 0 Å². The fourth-order valence-corrected chi connectivity index (χ4v) is 4.76. The molecule has 0 aliphatic heterocycles. The van der Waals surface area contributed by atoms with Gasteiger partial charge in [-0.15, -0.1) is 0 Å². The van der Waals surface area contributed by atoms with Gasteiger partial charge in [0.1, 0.15) is 0 Å². The topological polar surface area (TPSA) is 101 Å². The van der Waals surface area contributed by atoms with E-state index < -0.39 is 10.0 Å². The highest BCUT2D eigenvalue weighted by Crippen LogP contribution is 2.23. The van der Waals surface area contributed by atoms with Gasteiger partial charge in [-0.1, -0.05) is 30.7 Å². The Bertz CT molecular complexity index is 689. The molecule has 1 fully saturated rings. The molecule has 2 unspecified atom stereocenters. The van der Waals surface area contributed by atoms with E-state index in [9.17, 15) is 13.2 Å².